The summed E-state index contributed by atoms with van der Waals surface area (Å²) < 4.78 is 59.8. The van der Waals surface area contributed by atoms with Crippen LogP contribution in [0.15, 0.2) is 47.5 Å². The largest absolute Gasteiger partial charge is 0.492 e. The molecule has 2 saturated heterocycles. The number of rotatable bonds is 6. The van der Waals surface area contributed by atoms with Gasteiger partial charge >= 0.3 is 0 Å². The van der Waals surface area contributed by atoms with Gasteiger partial charge in [0.25, 0.3) is 0 Å². The molecule has 4 rings (SSSR count). The zero-order chi connectivity index (χ0) is 23.8. The molecule has 1 aromatic heterocycles. The van der Waals surface area contributed by atoms with E-state index in [1.807, 2.05) is 23.1 Å². The van der Waals surface area contributed by atoms with Gasteiger partial charge in [-0.1, -0.05) is 13.0 Å². The SMILES string of the molecule is CCOc1ccc(N2C(=O)C(C)CS2(=O)=O)cc1S(=O)(=O)N1CCN(c2ccccn2)CC1. The lowest BCUT2D eigenvalue weighted by Gasteiger charge is -2.35. The first-order valence-corrected chi connectivity index (χ1v) is 13.7. The first-order chi connectivity index (χ1) is 15.6. The summed E-state index contributed by atoms with van der Waals surface area (Å²) in [5.41, 5.74) is -0.00139. The molecule has 178 valence electrons. The number of nitrogens with zero attached hydrogens (tertiary/aromatic N) is 4. The Balaban J connectivity index is 1.65. The van der Waals surface area contributed by atoms with Gasteiger partial charge in [0.15, 0.2) is 0 Å². The lowest BCUT2D eigenvalue weighted by atomic mass is 10.2. The van der Waals surface area contributed by atoms with Crippen molar-refractivity contribution in [2.75, 3.05) is 47.7 Å². The number of sulfonamides is 2. The average Bonchev–Trinajstić information content (AvgIpc) is 3.01. The number of aromatic nitrogens is 1. The maximum Gasteiger partial charge on any atom is 0.246 e. The number of carbonyl (C=O) groups excluding carboxylic acids is 1. The van der Waals surface area contributed by atoms with E-state index >= 15 is 0 Å². The van der Waals surface area contributed by atoms with E-state index in [0.717, 1.165) is 5.82 Å². The Morgan fingerprint density at radius 2 is 1.85 bits per heavy atom. The number of benzene rings is 1. The first kappa shape index (κ1) is 23.5. The average molecular weight is 495 g/mol. The minimum absolute atomic E-state index is 0.00139. The highest BCUT2D eigenvalue weighted by atomic mass is 32.2. The van der Waals surface area contributed by atoms with Crippen LogP contribution in [0.5, 0.6) is 5.75 Å². The van der Waals surface area contributed by atoms with E-state index in [2.05, 4.69) is 4.98 Å². The number of pyridine rings is 1. The molecule has 2 aromatic rings. The summed E-state index contributed by atoms with van der Waals surface area (Å²) in [6.07, 6.45) is 1.69. The van der Waals surface area contributed by atoms with Gasteiger partial charge in [-0.25, -0.2) is 26.1 Å². The summed E-state index contributed by atoms with van der Waals surface area (Å²) in [6.45, 7) is 4.86. The maximum atomic E-state index is 13.6. The number of ether oxygens (including phenoxy) is 1. The molecule has 0 spiro atoms. The van der Waals surface area contributed by atoms with Gasteiger partial charge in [0.1, 0.15) is 16.5 Å². The molecule has 3 heterocycles. The number of amides is 1. The normalized spacial score (nSPS) is 21.4. The monoisotopic (exact) mass is 494 g/mol. The molecule has 2 aliphatic rings. The summed E-state index contributed by atoms with van der Waals surface area (Å²) >= 11 is 0. The lowest BCUT2D eigenvalue weighted by molar-refractivity contribution is -0.119. The molecule has 10 nitrogen and oxygen atoms in total. The Morgan fingerprint density at radius 3 is 2.42 bits per heavy atom. The van der Waals surface area contributed by atoms with Crippen molar-refractivity contribution in [3.63, 3.8) is 0 Å². The molecule has 1 unspecified atom stereocenters. The summed E-state index contributed by atoms with van der Waals surface area (Å²) in [5.74, 6) is -0.687. The predicted molar refractivity (Wildman–Crippen MR) is 123 cm³/mol. The van der Waals surface area contributed by atoms with Crippen LogP contribution in [0, 0.1) is 5.92 Å². The van der Waals surface area contributed by atoms with Crippen LogP contribution in [0.2, 0.25) is 0 Å². The van der Waals surface area contributed by atoms with Crippen molar-refractivity contribution in [2.24, 2.45) is 5.92 Å². The van der Waals surface area contributed by atoms with Crippen LogP contribution >= 0.6 is 0 Å². The van der Waals surface area contributed by atoms with Crippen LogP contribution in [-0.4, -0.2) is 70.6 Å². The second kappa shape index (κ2) is 8.92. The van der Waals surface area contributed by atoms with Gasteiger partial charge in [-0.2, -0.15) is 4.31 Å². The predicted octanol–water partition coefficient (Wildman–Crippen LogP) is 1.30. The minimum Gasteiger partial charge on any atom is -0.492 e. The topological polar surface area (TPSA) is 117 Å². The number of hydrogen-bond acceptors (Lipinski definition) is 8. The van der Waals surface area contributed by atoms with Gasteiger partial charge in [-0.15, -0.1) is 0 Å². The standard InChI is InChI=1S/C21H26N4O6S2/c1-3-31-18-8-7-17(25-21(26)16(2)15-32(25,27)28)14-19(18)33(29,30)24-12-10-23(11-13-24)20-6-4-5-9-22-20/h4-9,14,16H,3,10-13,15H2,1-2H3. The summed E-state index contributed by atoms with van der Waals surface area (Å²) in [5, 5.41) is 0. The van der Waals surface area contributed by atoms with Crippen LogP contribution in [0.4, 0.5) is 11.5 Å². The third-order valence-corrected chi connectivity index (χ3v) is 9.44. The molecule has 1 amide bonds. The molecule has 1 aromatic carbocycles. The van der Waals surface area contributed by atoms with Crippen LogP contribution in [-0.2, 0) is 24.8 Å². The Hall–Kier alpha value is -2.70. The van der Waals surface area contributed by atoms with Crippen molar-refractivity contribution in [3.05, 3.63) is 42.6 Å². The fourth-order valence-electron chi connectivity index (χ4n) is 4.02. The number of hydrogen-bond donors (Lipinski definition) is 0. The third kappa shape index (κ3) is 4.42. The van der Waals surface area contributed by atoms with E-state index in [9.17, 15) is 21.6 Å². The second-order valence-corrected chi connectivity index (χ2v) is 11.7. The zero-order valence-corrected chi connectivity index (χ0v) is 20.0. The Labute approximate surface area is 193 Å². The number of piperazine rings is 1. The minimum atomic E-state index is -4.01. The van der Waals surface area contributed by atoms with Crippen molar-refractivity contribution in [1.29, 1.82) is 0 Å². The van der Waals surface area contributed by atoms with Gasteiger partial charge in [-0.05, 0) is 37.3 Å². The molecule has 0 bridgehead atoms. The molecule has 33 heavy (non-hydrogen) atoms. The van der Waals surface area contributed by atoms with Crippen molar-refractivity contribution in [3.8, 4) is 5.75 Å². The molecule has 12 heteroatoms. The van der Waals surface area contributed by atoms with Gasteiger partial charge in [0, 0.05) is 32.4 Å². The number of carbonyl (C=O) groups is 1. The van der Waals surface area contributed by atoms with Crippen molar-refractivity contribution in [2.45, 2.75) is 18.7 Å². The van der Waals surface area contributed by atoms with E-state index in [0.29, 0.717) is 17.4 Å². The third-order valence-electron chi connectivity index (χ3n) is 5.65. The summed E-state index contributed by atoms with van der Waals surface area (Å²) in [7, 11) is -7.88. The van der Waals surface area contributed by atoms with Crippen LogP contribution < -0.4 is 13.9 Å². The Morgan fingerprint density at radius 1 is 1.12 bits per heavy atom. The highest BCUT2D eigenvalue weighted by Gasteiger charge is 2.43. The highest BCUT2D eigenvalue weighted by molar-refractivity contribution is 7.94. The molecule has 0 saturated carbocycles. The van der Waals surface area contributed by atoms with Gasteiger partial charge in [-0.3, -0.25) is 4.79 Å². The van der Waals surface area contributed by atoms with E-state index in [4.69, 9.17) is 4.74 Å². The van der Waals surface area contributed by atoms with Crippen molar-refractivity contribution in [1.82, 2.24) is 9.29 Å². The van der Waals surface area contributed by atoms with E-state index in [-0.39, 0.29) is 41.8 Å². The quantitative estimate of drug-likeness (QED) is 0.590. The van der Waals surface area contributed by atoms with Crippen molar-refractivity contribution >= 4 is 37.5 Å². The fourth-order valence-corrected chi connectivity index (χ4v) is 7.41. The Kier molecular flexibility index (Phi) is 6.34. The second-order valence-electron chi connectivity index (χ2n) is 7.93. The van der Waals surface area contributed by atoms with E-state index in [1.165, 1.54) is 29.4 Å². The fraction of sp³-hybridized carbons (Fsp3) is 0.429. The lowest BCUT2D eigenvalue weighted by Crippen LogP contribution is -2.49. The van der Waals surface area contributed by atoms with Gasteiger partial charge in [0.2, 0.25) is 26.0 Å². The van der Waals surface area contributed by atoms with Crippen LogP contribution in [0.3, 0.4) is 0 Å². The van der Waals surface area contributed by atoms with Crippen LogP contribution in [0.25, 0.3) is 0 Å². The molecular formula is C21H26N4O6S2. The van der Waals surface area contributed by atoms with E-state index in [1.54, 1.807) is 13.1 Å². The smallest absolute Gasteiger partial charge is 0.246 e. The van der Waals surface area contributed by atoms with Gasteiger partial charge < -0.3 is 9.64 Å². The molecule has 2 aliphatic heterocycles. The first-order valence-electron chi connectivity index (χ1n) is 10.6. The molecule has 0 radical (unpaired) electrons. The molecule has 2 fully saturated rings. The summed E-state index contributed by atoms with van der Waals surface area (Å²) in [4.78, 5) is 18.7. The Bertz CT molecular complexity index is 1240. The number of anilines is 2. The molecule has 1 atom stereocenters. The van der Waals surface area contributed by atoms with Gasteiger partial charge in [0.05, 0.1) is 24.0 Å². The maximum absolute atomic E-state index is 13.6. The molecule has 0 aliphatic carbocycles. The zero-order valence-electron chi connectivity index (χ0n) is 18.4. The highest BCUT2D eigenvalue weighted by Crippen LogP contribution is 2.35. The summed E-state index contributed by atoms with van der Waals surface area (Å²) in [6, 6.07) is 9.59. The molecular weight excluding hydrogens is 468 g/mol. The van der Waals surface area contributed by atoms with Crippen LogP contribution in [0.1, 0.15) is 13.8 Å². The van der Waals surface area contributed by atoms with E-state index < -0.39 is 31.9 Å². The van der Waals surface area contributed by atoms with Crippen molar-refractivity contribution < 1.29 is 26.4 Å². The molecule has 0 N–H and O–H groups in total.